The van der Waals surface area contributed by atoms with Crippen molar-refractivity contribution in [3.05, 3.63) is 24.0 Å². The average Bonchev–Trinajstić information content (AvgIpc) is 2.34. The zero-order valence-corrected chi connectivity index (χ0v) is 11.0. The van der Waals surface area contributed by atoms with Crippen molar-refractivity contribution < 1.29 is 17.5 Å². The second-order valence-electron chi connectivity index (χ2n) is 4.42. The molecule has 100 valence electrons. The van der Waals surface area contributed by atoms with E-state index >= 15 is 0 Å². The Bertz CT molecular complexity index is 516. The second-order valence-corrected chi connectivity index (χ2v) is 6.72. The van der Waals surface area contributed by atoms with Crippen LogP contribution in [0.15, 0.2) is 18.2 Å². The van der Waals surface area contributed by atoms with Crippen LogP contribution in [0.25, 0.3) is 0 Å². The molecule has 1 aromatic carbocycles. The molecule has 4 nitrogen and oxygen atoms in total. The fraction of sp³-hybridized carbons (Fsp3) is 0.500. The molecular weight excluding hydrogens is 257 g/mol. The summed E-state index contributed by atoms with van der Waals surface area (Å²) in [4.78, 5) is 0. The highest BCUT2D eigenvalue weighted by atomic mass is 32.2. The van der Waals surface area contributed by atoms with Gasteiger partial charge < -0.3 is 10.1 Å². The Balaban J connectivity index is 2.06. The standard InChI is InChI=1S/C12H16FNO3S/c1-17-12-8-9(13)2-3-11(12)14-10-4-6-18(15,16)7-5-10/h2-3,8,10,14H,4-7H2,1H3. The summed E-state index contributed by atoms with van der Waals surface area (Å²) in [6.07, 6.45) is 1.14. The molecule has 0 unspecified atom stereocenters. The van der Waals surface area contributed by atoms with Crippen LogP contribution in [0.3, 0.4) is 0 Å². The van der Waals surface area contributed by atoms with E-state index < -0.39 is 9.84 Å². The van der Waals surface area contributed by atoms with E-state index in [1.165, 1.54) is 19.2 Å². The van der Waals surface area contributed by atoms with Gasteiger partial charge >= 0.3 is 0 Å². The molecule has 18 heavy (non-hydrogen) atoms. The lowest BCUT2D eigenvalue weighted by atomic mass is 10.1. The van der Waals surface area contributed by atoms with Crippen LogP contribution in [0.2, 0.25) is 0 Å². The van der Waals surface area contributed by atoms with Crippen molar-refractivity contribution in [2.45, 2.75) is 18.9 Å². The maximum absolute atomic E-state index is 13.0. The van der Waals surface area contributed by atoms with Gasteiger partial charge in [-0.2, -0.15) is 0 Å². The first-order valence-electron chi connectivity index (χ1n) is 5.81. The van der Waals surface area contributed by atoms with Crippen LogP contribution in [0.1, 0.15) is 12.8 Å². The van der Waals surface area contributed by atoms with E-state index in [0.29, 0.717) is 24.3 Å². The Morgan fingerprint density at radius 3 is 2.61 bits per heavy atom. The summed E-state index contributed by atoms with van der Waals surface area (Å²) in [5, 5.41) is 3.21. The van der Waals surface area contributed by atoms with Crippen molar-refractivity contribution in [2.24, 2.45) is 0 Å². The quantitative estimate of drug-likeness (QED) is 0.912. The number of ether oxygens (including phenoxy) is 1. The van der Waals surface area contributed by atoms with Crippen molar-refractivity contribution in [2.75, 3.05) is 23.9 Å². The number of hydrogen-bond acceptors (Lipinski definition) is 4. The molecule has 0 radical (unpaired) electrons. The number of sulfone groups is 1. The third-order valence-electron chi connectivity index (χ3n) is 3.08. The smallest absolute Gasteiger partial charge is 0.150 e. The molecule has 0 aliphatic carbocycles. The molecule has 6 heteroatoms. The SMILES string of the molecule is COc1cc(F)ccc1NC1CCS(=O)(=O)CC1. The van der Waals surface area contributed by atoms with Crippen molar-refractivity contribution in [1.29, 1.82) is 0 Å². The number of methoxy groups -OCH3 is 1. The van der Waals surface area contributed by atoms with Crippen molar-refractivity contribution in [3.8, 4) is 5.75 Å². The minimum absolute atomic E-state index is 0.0906. The summed E-state index contributed by atoms with van der Waals surface area (Å²) >= 11 is 0. The minimum Gasteiger partial charge on any atom is -0.494 e. The molecule has 1 N–H and O–H groups in total. The molecule has 0 aromatic heterocycles. The number of rotatable bonds is 3. The molecule has 1 aliphatic rings. The second kappa shape index (κ2) is 5.14. The minimum atomic E-state index is -2.86. The first kappa shape index (κ1) is 13.1. The number of benzene rings is 1. The van der Waals surface area contributed by atoms with Gasteiger partial charge in [-0.3, -0.25) is 0 Å². The van der Waals surface area contributed by atoms with E-state index in [1.807, 2.05) is 0 Å². The van der Waals surface area contributed by atoms with Crippen LogP contribution in [0.4, 0.5) is 10.1 Å². The monoisotopic (exact) mass is 273 g/mol. The van der Waals surface area contributed by atoms with E-state index in [0.717, 1.165) is 0 Å². The van der Waals surface area contributed by atoms with Crippen LogP contribution in [-0.4, -0.2) is 33.1 Å². The Morgan fingerprint density at radius 1 is 1.33 bits per heavy atom. The Morgan fingerprint density at radius 2 is 2.00 bits per heavy atom. The summed E-state index contributed by atoms with van der Waals surface area (Å²) in [5.41, 5.74) is 0.697. The van der Waals surface area contributed by atoms with Gasteiger partial charge in [-0.15, -0.1) is 0 Å². The Hall–Kier alpha value is -1.30. The zero-order chi connectivity index (χ0) is 13.2. The first-order valence-corrected chi connectivity index (χ1v) is 7.63. The highest BCUT2D eigenvalue weighted by molar-refractivity contribution is 7.91. The molecule has 0 atom stereocenters. The molecule has 2 rings (SSSR count). The summed E-state index contributed by atoms with van der Waals surface area (Å²) in [6, 6.07) is 4.36. The maximum Gasteiger partial charge on any atom is 0.150 e. The molecule has 1 saturated heterocycles. The highest BCUT2D eigenvalue weighted by Crippen LogP contribution is 2.27. The number of nitrogens with one attached hydrogen (secondary N) is 1. The highest BCUT2D eigenvalue weighted by Gasteiger charge is 2.24. The summed E-state index contributed by atoms with van der Waals surface area (Å²) in [5.74, 6) is 0.481. The topological polar surface area (TPSA) is 55.4 Å². The summed E-state index contributed by atoms with van der Waals surface area (Å²) in [7, 11) is -1.38. The van der Waals surface area contributed by atoms with Crippen LogP contribution in [0.5, 0.6) is 5.75 Å². The van der Waals surface area contributed by atoms with Gasteiger partial charge in [0.1, 0.15) is 21.4 Å². The molecule has 1 fully saturated rings. The van der Waals surface area contributed by atoms with Gasteiger partial charge in [0.15, 0.2) is 0 Å². The third kappa shape index (κ3) is 3.13. The normalized spacial score (nSPS) is 19.4. The number of anilines is 1. The van der Waals surface area contributed by atoms with E-state index in [4.69, 9.17) is 4.74 Å². The molecular formula is C12H16FNO3S. The largest absolute Gasteiger partial charge is 0.494 e. The molecule has 1 aliphatic heterocycles. The lowest BCUT2D eigenvalue weighted by Gasteiger charge is -2.24. The van der Waals surface area contributed by atoms with E-state index in [2.05, 4.69) is 5.32 Å². The van der Waals surface area contributed by atoms with E-state index in [1.54, 1.807) is 6.07 Å². The molecule has 1 heterocycles. The van der Waals surface area contributed by atoms with Crippen molar-refractivity contribution in [3.63, 3.8) is 0 Å². The van der Waals surface area contributed by atoms with Crippen molar-refractivity contribution in [1.82, 2.24) is 0 Å². The number of hydrogen-bond donors (Lipinski definition) is 1. The van der Waals surface area contributed by atoms with Gasteiger partial charge in [-0.25, -0.2) is 12.8 Å². The number of halogens is 1. The van der Waals surface area contributed by atoms with Crippen LogP contribution >= 0.6 is 0 Å². The van der Waals surface area contributed by atoms with Crippen LogP contribution in [-0.2, 0) is 9.84 Å². The Labute approximate surface area is 106 Å². The van der Waals surface area contributed by atoms with Gasteiger partial charge in [0.25, 0.3) is 0 Å². The predicted octanol–water partition coefficient (Wildman–Crippen LogP) is 1.82. The van der Waals surface area contributed by atoms with Crippen LogP contribution in [0, 0.1) is 5.82 Å². The Kier molecular flexibility index (Phi) is 3.75. The molecule has 0 bridgehead atoms. The summed E-state index contributed by atoms with van der Waals surface area (Å²) in [6.45, 7) is 0. The van der Waals surface area contributed by atoms with Gasteiger partial charge in [0.05, 0.1) is 24.3 Å². The zero-order valence-electron chi connectivity index (χ0n) is 10.1. The van der Waals surface area contributed by atoms with E-state index in [9.17, 15) is 12.8 Å². The fourth-order valence-electron chi connectivity index (χ4n) is 2.04. The van der Waals surface area contributed by atoms with Gasteiger partial charge in [-0.05, 0) is 25.0 Å². The van der Waals surface area contributed by atoms with Gasteiger partial charge in [0, 0.05) is 12.1 Å². The third-order valence-corrected chi connectivity index (χ3v) is 4.79. The maximum atomic E-state index is 13.0. The lowest BCUT2D eigenvalue weighted by molar-refractivity contribution is 0.412. The van der Waals surface area contributed by atoms with E-state index in [-0.39, 0.29) is 23.4 Å². The fourth-order valence-corrected chi connectivity index (χ4v) is 3.53. The van der Waals surface area contributed by atoms with Gasteiger partial charge in [0.2, 0.25) is 0 Å². The average molecular weight is 273 g/mol. The molecule has 0 saturated carbocycles. The predicted molar refractivity (Wildman–Crippen MR) is 68.3 cm³/mol. The van der Waals surface area contributed by atoms with Gasteiger partial charge in [-0.1, -0.05) is 0 Å². The molecule has 0 spiro atoms. The molecule has 0 amide bonds. The lowest BCUT2D eigenvalue weighted by Crippen LogP contribution is -2.32. The molecule has 1 aromatic rings. The van der Waals surface area contributed by atoms with Crippen molar-refractivity contribution >= 4 is 15.5 Å². The first-order chi connectivity index (χ1) is 8.50. The summed E-state index contributed by atoms with van der Waals surface area (Å²) < 4.78 is 40.7. The van der Waals surface area contributed by atoms with Crippen LogP contribution < -0.4 is 10.1 Å².